The van der Waals surface area contributed by atoms with E-state index in [9.17, 15) is 4.79 Å². The molecule has 1 aliphatic carbocycles. The number of rotatable bonds is 0. The van der Waals surface area contributed by atoms with Crippen molar-refractivity contribution in [3.63, 3.8) is 0 Å². The van der Waals surface area contributed by atoms with E-state index in [2.05, 4.69) is 0 Å². The molecule has 0 spiro atoms. The molecule has 3 rings (SSSR count). The van der Waals surface area contributed by atoms with Crippen LogP contribution >= 0.6 is 0 Å². The van der Waals surface area contributed by atoms with E-state index in [0.717, 1.165) is 17.5 Å². The zero-order valence-electron chi connectivity index (χ0n) is 7.71. The highest BCUT2D eigenvalue weighted by Gasteiger charge is 2.28. The minimum absolute atomic E-state index is 0.183. The molecule has 1 aromatic rings. The van der Waals surface area contributed by atoms with Crippen molar-refractivity contribution in [1.82, 2.24) is 0 Å². The molecule has 0 aromatic heterocycles. The Balaban J connectivity index is 2.23. The van der Waals surface area contributed by atoms with Gasteiger partial charge in [0.15, 0.2) is 17.3 Å². The minimum Gasteiger partial charge on any atom is -0.486 e. The zero-order chi connectivity index (χ0) is 9.54. The number of aryl methyl sites for hydroxylation is 1. The molecule has 0 bridgehead atoms. The number of carbonyl (C=O) groups is 1. The molecule has 0 N–H and O–H groups in total. The lowest BCUT2D eigenvalue weighted by Crippen LogP contribution is -2.17. The summed E-state index contributed by atoms with van der Waals surface area (Å²) in [7, 11) is 0. The van der Waals surface area contributed by atoms with Gasteiger partial charge < -0.3 is 9.47 Å². The Hall–Kier alpha value is -1.51. The van der Waals surface area contributed by atoms with E-state index in [1.54, 1.807) is 0 Å². The summed E-state index contributed by atoms with van der Waals surface area (Å²) in [6.07, 6.45) is 1.44. The molecule has 2 aliphatic rings. The highest BCUT2D eigenvalue weighted by Crippen LogP contribution is 2.39. The van der Waals surface area contributed by atoms with Gasteiger partial charge in [-0.05, 0) is 18.1 Å². The van der Waals surface area contributed by atoms with Crippen LogP contribution in [0.3, 0.4) is 0 Å². The van der Waals surface area contributed by atoms with Gasteiger partial charge in [0.1, 0.15) is 13.2 Å². The maximum Gasteiger partial charge on any atom is 0.172 e. The number of hydrogen-bond donors (Lipinski definition) is 0. The van der Waals surface area contributed by atoms with E-state index >= 15 is 0 Å². The van der Waals surface area contributed by atoms with Crippen LogP contribution in [0.2, 0.25) is 0 Å². The van der Waals surface area contributed by atoms with Gasteiger partial charge in [-0.3, -0.25) is 4.79 Å². The molecule has 0 saturated carbocycles. The van der Waals surface area contributed by atoms with Gasteiger partial charge in [0, 0.05) is 6.42 Å². The number of ketones is 1. The first kappa shape index (κ1) is 7.85. The fraction of sp³-hybridized carbons (Fsp3) is 0.364. The lowest BCUT2D eigenvalue weighted by atomic mass is 10.1. The average Bonchev–Trinajstić information content (AvgIpc) is 2.61. The molecule has 3 nitrogen and oxygen atoms in total. The van der Waals surface area contributed by atoms with Crippen molar-refractivity contribution in [3.8, 4) is 11.5 Å². The summed E-state index contributed by atoms with van der Waals surface area (Å²) < 4.78 is 10.9. The summed E-state index contributed by atoms with van der Waals surface area (Å²) in [6.45, 7) is 1.11. The number of fused-ring (bicyclic) bond motifs is 3. The number of Topliss-reactive ketones (excluding diaryl/α,β-unsaturated/α-hetero) is 1. The van der Waals surface area contributed by atoms with E-state index in [1.165, 1.54) is 0 Å². The molecule has 0 amide bonds. The molecule has 1 heterocycles. The fourth-order valence-electron chi connectivity index (χ4n) is 2.04. The first-order valence-electron chi connectivity index (χ1n) is 4.81. The smallest absolute Gasteiger partial charge is 0.172 e. The highest BCUT2D eigenvalue weighted by molar-refractivity contribution is 6.03. The molecular formula is C11H10O3. The van der Waals surface area contributed by atoms with Crippen LogP contribution in [0, 0.1) is 0 Å². The Morgan fingerprint density at radius 3 is 2.86 bits per heavy atom. The van der Waals surface area contributed by atoms with Crippen LogP contribution in [-0.2, 0) is 6.42 Å². The lowest BCUT2D eigenvalue weighted by Gasteiger charge is -2.20. The van der Waals surface area contributed by atoms with Gasteiger partial charge >= 0.3 is 0 Å². The van der Waals surface area contributed by atoms with Gasteiger partial charge in [0.2, 0.25) is 0 Å². The predicted molar refractivity (Wildman–Crippen MR) is 50.1 cm³/mol. The molecule has 0 atom stereocenters. The van der Waals surface area contributed by atoms with Crippen LogP contribution in [0.25, 0.3) is 0 Å². The van der Waals surface area contributed by atoms with Crippen LogP contribution in [0.5, 0.6) is 11.5 Å². The number of carbonyl (C=O) groups excluding carboxylic acids is 1. The third-order valence-electron chi connectivity index (χ3n) is 2.70. The molecule has 14 heavy (non-hydrogen) atoms. The largest absolute Gasteiger partial charge is 0.486 e. The maximum atomic E-state index is 11.6. The normalized spacial score (nSPS) is 18.1. The second-order valence-corrected chi connectivity index (χ2v) is 3.55. The maximum absolute atomic E-state index is 11.6. The average molecular weight is 190 g/mol. The van der Waals surface area contributed by atoms with Gasteiger partial charge in [0.05, 0.1) is 5.56 Å². The summed E-state index contributed by atoms with van der Waals surface area (Å²) >= 11 is 0. The second-order valence-electron chi connectivity index (χ2n) is 3.55. The van der Waals surface area contributed by atoms with Gasteiger partial charge in [-0.1, -0.05) is 6.07 Å². The highest BCUT2D eigenvalue weighted by atomic mass is 16.6. The van der Waals surface area contributed by atoms with Gasteiger partial charge in [0.25, 0.3) is 0 Å². The number of ether oxygens (including phenoxy) is 2. The van der Waals surface area contributed by atoms with Crippen LogP contribution in [0.1, 0.15) is 22.3 Å². The molecule has 1 aliphatic heterocycles. The first-order chi connectivity index (χ1) is 6.86. The van der Waals surface area contributed by atoms with E-state index in [4.69, 9.17) is 9.47 Å². The topological polar surface area (TPSA) is 35.5 Å². The van der Waals surface area contributed by atoms with Crippen molar-refractivity contribution in [1.29, 1.82) is 0 Å². The monoisotopic (exact) mass is 190 g/mol. The quantitative estimate of drug-likeness (QED) is 0.623. The summed E-state index contributed by atoms with van der Waals surface area (Å²) in [5.41, 5.74) is 1.85. The van der Waals surface area contributed by atoms with E-state index < -0.39 is 0 Å². The van der Waals surface area contributed by atoms with Crippen molar-refractivity contribution in [2.24, 2.45) is 0 Å². The molecule has 0 unspecified atom stereocenters. The van der Waals surface area contributed by atoms with Crippen molar-refractivity contribution in [2.75, 3.05) is 13.2 Å². The van der Waals surface area contributed by atoms with Crippen molar-refractivity contribution >= 4 is 5.78 Å². The first-order valence-corrected chi connectivity index (χ1v) is 4.81. The van der Waals surface area contributed by atoms with Gasteiger partial charge in [-0.25, -0.2) is 0 Å². The molecular weight excluding hydrogens is 180 g/mol. The molecule has 1 aromatic carbocycles. The Kier molecular flexibility index (Phi) is 1.54. The molecule has 3 heteroatoms. The molecule has 0 radical (unpaired) electrons. The predicted octanol–water partition coefficient (Wildman–Crippen LogP) is 1.59. The van der Waals surface area contributed by atoms with Crippen LogP contribution in [0.15, 0.2) is 12.1 Å². The SMILES string of the molecule is O=C1CCc2ccc3c(c21)OCCO3. The Morgan fingerprint density at radius 1 is 1.07 bits per heavy atom. The third-order valence-corrected chi connectivity index (χ3v) is 2.70. The van der Waals surface area contributed by atoms with Gasteiger partial charge in [-0.15, -0.1) is 0 Å². The molecule has 72 valence electrons. The Bertz CT molecular complexity index is 409. The standard InChI is InChI=1S/C11H10O3/c12-8-3-1-7-2-4-9-11(10(7)8)14-6-5-13-9/h2,4H,1,3,5-6H2. The summed E-state index contributed by atoms with van der Waals surface area (Å²) in [5.74, 6) is 1.56. The number of hydrogen-bond acceptors (Lipinski definition) is 3. The third kappa shape index (κ3) is 0.953. The molecule has 0 fully saturated rings. The summed E-state index contributed by atoms with van der Waals surface area (Å²) in [6, 6.07) is 3.86. The van der Waals surface area contributed by atoms with E-state index in [0.29, 0.717) is 31.1 Å². The van der Waals surface area contributed by atoms with Crippen molar-refractivity contribution in [2.45, 2.75) is 12.8 Å². The fourth-order valence-corrected chi connectivity index (χ4v) is 2.04. The lowest BCUT2D eigenvalue weighted by molar-refractivity contribution is 0.0985. The van der Waals surface area contributed by atoms with Crippen molar-refractivity contribution in [3.05, 3.63) is 23.3 Å². The summed E-state index contributed by atoms with van der Waals surface area (Å²) in [5, 5.41) is 0. The van der Waals surface area contributed by atoms with Crippen molar-refractivity contribution < 1.29 is 14.3 Å². The van der Waals surface area contributed by atoms with Crippen LogP contribution in [-0.4, -0.2) is 19.0 Å². The number of benzene rings is 1. The zero-order valence-corrected chi connectivity index (χ0v) is 7.71. The van der Waals surface area contributed by atoms with Crippen LogP contribution in [0.4, 0.5) is 0 Å². The Labute approximate surface area is 81.6 Å². The summed E-state index contributed by atoms with van der Waals surface area (Å²) in [4.78, 5) is 11.6. The minimum atomic E-state index is 0.183. The van der Waals surface area contributed by atoms with E-state index in [-0.39, 0.29) is 5.78 Å². The molecule has 0 saturated heterocycles. The van der Waals surface area contributed by atoms with E-state index in [1.807, 2.05) is 12.1 Å². The van der Waals surface area contributed by atoms with Crippen LogP contribution < -0.4 is 9.47 Å². The Morgan fingerprint density at radius 2 is 1.93 bits per heavy atom. The second kappa shape index (κ2) is 2.74. The van der Waals surface area contributed by atoms with Gasteiger partial charge in [-0.2, -0.15) is 0 Å².